The molecular formula is C18H14N6O2S. The van der Waals surface area contributed by atoms with Gasteiger partial charge in [-0.15, -0.1) is 11.3 Å². The third-order valence-corrected chi connectivity index (χ3v) is 4.51. The Morgan fingerprint density at radius 3 is 2.81 bits per heavy atom. The lowest BCUT2D eigenvalue weighted by atomic mass is 10.3. The van der Waals surface area contributed by atoms with E-state index in [9.17, 15) is 4.79 Å². The Balaban J connectivity index is 1.53. The average molecular weight is 378 g/mol. The van der Waals surface area contributed by atoms with Gasteiger partial charge in [-0.1, -0.05) is 0 Å². The number of carbonyl (C=O) groups is 1. The number of rotatable bonds is 5. The standard InChI is InChI=1S/C18H14N6O2S/c1-26-13-4-5-14(21-8-13)15-10-27-18(22-15)23-17(25)16-9-20-11-24(16)12-3-2-6-19-7-12/h2-11H,1H3,(H,22,23,25). The number of amides is 1. The van der Waals surface area contributed by atoms with Gasteiger partial charge >= 0.3 is 0 Å². The summed E-state index contributed by atoms with van der Waals surface area (Å²) in [4.78, 5) is 29.5. The minimum atomic E-state index is -0.306. The van der Waals surface area contributed by atoms with Crippen LogP contribution in [0, 0.1) is 0 Å². The number of nitrogens with one attached hydrogen (secondary N) is 1. The van der Waals surface area contributed by atoms with Crippen molar-refractivity contribution < 1.29 is 9.53 Å². The Labute approximate surface area is 158 Å². The van der Waals surface area contributed by atoms with E-state index in [0.29, 0.717) is 28.0 Å². The van der Waals surface area contributed by atoms with Crippen LogP contribution in [0.15, 0.2) is 60.8 Å². The molecule has 0 bridgehead atoms. The molecule has 0 aromatic carbocycles. The first kappa shape index (κ1) is 16.9. The van der Waals surface area contributed by atoms with Gasteiger partial charge in [-0.25, -0.2) is 9.97 Å². The van der Waals surface area contributed by atoms with E-state index < -0.39 is 0 Å². The second kappa shape index (κ2) is 7.34. The van der Waals surface area contributed by atoms with Crippen molar-refractivity contribution in [1.82, 2.24) is 24.5 Å². The zero-order valence-corrected chi connectivity index (χ0v) is 15.1. The van der Waals surface area contributed by atoms with Crippen molar-refractivity contribution in [2.75, 3.05) is 12.4 Å². The molecule has 27 heavy (non-hydrogen) atoms. The summed E-state index contributed by atoms with van der Waals surface area (Å²) in [7, 11) is 1.59. The number of nitrogens with zero attached hydrogens (tertiary/aromatic N) is 5. The molecule has 1 amide bonds. The topological polar surface area (TPSA) is 94.8 Å². The van der Waals surface area contributed by atoms with Crippen LogP contribution in [0.3, 0.4) is 0 Å². The fourth-order valence-electron chi connectivity index (χ4n) is 2.43. The highest BCUT2D eigenvalue weighted by Crippen LogP contribution is 2.25. The quantitative estimate of drug-likeness (QED) is 0.574. The molecule has 1 N–H and O–H groups in total. The van der Waals surface area contributed by atoms with Crippen molar-refractivity contribution >= 4 is 22.4 Å². The second-order valence-electron chi connectivity index (χ2n) is 5.44. The van der Waals surface area contributed by atoms with E-state index in [1.54, 1.807) is 42.7 Å². The minimum absolute atomic E-state index is 0.306. The first-order valence-corrected chi connectivity index (χ1v) is 8.82. The average Bonchev–Trinajstić information content (AvgIpc) is 3.38. The van der Waals surface area contributed by atoms with E-state index in [1.165, 1.54) is 17.5 Å². The zero-order valence-electron chi connectivity index (χ0n) is 14.2. The number of imidazole rings is 1. The smallest absolute Gasteiger partial charge is 0.276 e. The van der Waals surface area contributed by atoms with Crippen LogP contribution in [0.5, 0.6) is 5.75 Å². The molecule has 0 spiro atoms. The molecule has 9 heteroatoms. The van der Waals surface area contributed by atoms with Gasteiger partial charge in [0.25, 0.3) is 5.91 Å². The lowest BCUT2D eigenvalue weighted by Crippen LogP contribution is -2.16. The van der Waals surface area contributed by atoms with Crippen LogP contribution in [0.1, 0.15) is 10.5 Å². The number of carbonyl (C=O) groups excluding carboxylic acids is 1. The van der Waals surface area contributed by atoms with Gasteiger partial charge in [0.05, 0.1) is 43.4 Å². The molecule has 134 valence electrons. The maximum Gasteiger partial charge on any atom is 0.276 e. The lowest BCUT2D eigenvalue weighted by Gasteiger charge is -2.06. The molecule has 8 nitrogen and oxygen atoms in total. The third-order valence-electron chi connectivity index (χ3n) is 3.75. The van der Waals surface area contributed by atoms with Gasteiger partial charge < -0.3 is 4.74 Å². The number of ether oxygens (including phenoxy) is 1. The van der Waals surface area contributed by atoms with Crippen molar-refractivity contribution in [3.8, 4) is 22.8 Å². The van der Waals surface area contributed by atoms with E-state index in [-0.39, 0.29) is 5.91 Å². The highest BCUT2D eigenvalue weighted by molar-refractivity contribution is 7.14. The van der Waals surface area contributed by atoms with E-state index in [4.69, 9.17) is 4.74 Å². The monoisotopic (exact) mass is 378 g/mol. The molecule has 0 radical (unpaired) electrons. The van der Waals surface area contributed by atoms with Gasteiger partial charge in [-0.05, 0) is 24.3 Å². The number of hydrogen-bond acceptors (Lipinski definition) is 7. The summed E-state index contributed by atoms with van der Waals surface area (Å²) in [5, 5.41) is 5.12. The molecule has 4 rings (SSSR count). The van der Waals surface area contributed by atoms with Crippen LogP contribution in [-0.2, 0) is 0 Å². The molecule has 4 aromatic heterocycles. The summed E-state index contributed by atoms with van der Waals surface area (Å²) in [6.45, 7) is 0. The van der Waals surface area contributed by atoms with Crippen molar-refractivity contribution in [1.29, 1.82) is 0 Å². The van der Waals surface area contributed by atoms with Crippen molar-refractivity contribution in [2.45, 2.75) is 0 Å². The van der Waals surface area contributed by atoms with Crippen LogP contribution < -0.4 is 10.1 Å². The number of pyridine rings is 2. The SMILES string of the molecule is COc1ccc(-c2csc(NC(=O)c3cncn3-c3cccnc3)n2)nc1. The van der Waals surface area contributed by atoms with Crippen molar-refractivity contribution in [2.24, 2.45) is 0 Å². The van der Waals surface area contributed by atoms with Crippen LogP contribution >= 0.6 is 11.3 Å². The van der Waals surface area contributed by atoms with E-state index in [0.717, 1.165) is 5.69 Å². The van der Waals surface area contributed by atoms with E-state index in [1.807, 2.05) is 23.6 Å². The van der Waals surface area contributed by atoms with Gasteiger partial charge in [0.15, 0.2) is 5.13 Å². The van der Waals surface area contributed by atoms with Crippen LogP contribution in [0.25, 0.3) is 17.1 Å². The molecule has 0 aliphatic rings. The van der Waals surface area contributed by atoms with Crippen molar-refractivity contribution in [3.05, 3.63) is 66.5 Å². The highest BCUT2D eigenvalue weighted by atomic mass is 32.1. The van der Waals surface area contributed by atoms with Gasteiger partial charge in [0.2, 0.25) is 0 Å². The Bertz CT molecular complexity index is 1060. The second-order valence-corrected chi connectivity index (χ2v) is 6.29. The van der Waals surface area contributed by atoms with Crippen LogP contribution in [0.2, 0.25) is 0 Å². The minimum Gasteiger partial charge on any atom is -0.495 e. The molecule has 4 aromatic rings. The Hall–Kier alpha value is -3.59. The number of thiazole rings is 1. The maximum absolute atomic E-state index is 12.6. The molecule has 0 aliphatic carbocycles. The van der Waals surface area contributed by atoms with Crippen LogP contribution in [-0.4, -0.2) is 37.5 Å². The first-order chi connectivity index (χ1) is 13.2. The molecule has 0 saturated carbocycles. The Morgan fingerprint density at radius 1 is 1.15 bits per heavy atom. The van der Waals surface area contributed by atoms with Gasteiger partial charge in [-0.3, -0.25) is 24.6 Å². The molecule has 0 aliphatic heterocycles. The summed E-state index contributed by atoms with van der Waals surface area (Å²) < 4.78 is 6.77. The summed E-state index contributed by atoms with van der Waals surface area (Å²) in [5.41, 5.74) is 2.52. The number of hydrogen-bond donors (Lipinski definition) is 1. The van der Waals surface area contributed by atoms with E-state index in [2.05, 4.69) is 25.3 Å². The summed E-state index contributed by atoms with van der Waals surface area (Å²) in [5.74, 6) is 0.367. The lowest BCUT2D eigenvalue weighted by molar-refractivity contribution is 0.102. The largest absolute Gasteiger partial charge is 0.495 e. The van der Waals surface area contributed by atoms with Crippen LogP contribution in [0.4, 0.5) is 5.13 Å². The summed E-state index contributed by atoms with van der Waals surface area (Å²) >= 11 is 1.33. The third kappa shape index (κ3) is 3.53. The highest BCUT2D eigenvalue weighted by Gasteiger charge is 2.15. The fourth-order valence-corrected chi connectivity index (χ4v) is 3.13. The summed E-state index contributed by atoms with van der Waals surface area (Å²) in [6, 6.07) is 7.28. The predicted molar refractivity (Wildman–Crippen MR) is 101 cm³/mol. The Kier molecular flexibility index (Phi) is 4.58. The zero-order chi connectivity index (χ0) is 18.6. The maximum atomic E-state index is 12.6. The molecule has 0 fully saturated rings. The Morgan fingerprint density at radius 2 is 2.07 bits per heavy atom. The van der Waals surface area contributed by atoms with Gasteiger partial charge in [0.1, 0.15) is 17.1 Å². The number of aromatic nitrogens is 5. The normalized spacial score (nSPS) is 10.6. The number of methoxy groups -OCH3 is 1. The van der Waals surface area contributed by atoms with Gasteiger partial charge in [-0.2, -0.15) is 0 Å². The number of anilines is 1. The first-order valence-electron chi connectivity index (χ1n) is 7.94. The fraction of sp³-hybridized carbons (Fsp3) is 0.0556. The van der Waals surface area contributed by atoms with Gasteiger partial charge in [0, 0.05) is 11.6 Å². The molecule has 0 unspecified atom stereocenters. The molecule has 4 heterocycles. The van der Waals surface area contributed by atoms with E-state index >= 15 is 0 Å². The molecule has 0 saturated heterocycles. The molecule has 0 atom stereocenters. The van der Waals surface area contributed by atoms with Crippen molar-refractivity contribution in [3.63, 3.8) is 0 Å². The summed E-state index contributed by atoms with van der Waals surface area (Å²) in [6.07, 6.45) is 8.03. The molecular weight excluding hydrogens is 364 g/mol. The predicted octanol–water partition coefficient (Wildman–Crippen LogP) is 3.05.